The molecule has 0 saturated carbocycles. The molecule has 18 heavy (non-hydrogen) atoms. The van der Waals surface area contributed by atoms with E-state index in [1.165, 1.54) is 31.5 Å². The van der Waals surface area contributed by atoms with Crippen molar-refractivity contribution in [3.8, 4) is 11.5 Å². The molecular weight excluding hydrogens is 294 g/mol. The summed E-state index contributed by atoms with van der Waals surface area (Å²) in [5.74, 6) is 2.60. The summed E-state index contributed by atoms with van der Waals surface area (Å²) in [6.45, 7) is 6.06. The maximum absolute atomic E-state index is 5.44. The molecule has 0 amide bonds. The van der Waals surface area contributed by atoms with E-state index in [0.29, 0.717) is 6.79 Å². The highest BCUT2D eigenvalue weighted by Gasteiger charge is 2.20. The summed E-state index contributed by atoms with van der Waals surface area (Å²) in [6.07, 6.45) is 2.62. The smallest absolute Gasteiger partial charge is 0.231 e. The molecule has 0 bridgehead atoms. The largest absolute Gasteiger partial charge is 0.454 e. The van der Waals surface area contributed by atoms with Gasteiger partial charge in [-0.25, -0.2) is 0 Å². The summed E-state index contributed by atoms with van der Waals surface area (Å²) < 4.78 is 11.9. The lowest BCUT2D eigenvalue weighted by Gasteiger charge is -2.30. The van der Waals surface area contributed by atoms with E-state index < -0.39 is 0 Å². The van der Waals surface area contributed by atoms with Crippen LogP contribution < -0.4 is 9.47 Å². The SMILES string of the molecule is CC1CCN(Cc2cc3c(cc2Br)OCO3)CC1. The van der Waals surface area contributed by atoms with Crippen molar-refractivity contribution in [1.29, 1.82) is 0 Å². The normalized spacial score (nSPS) is 20.3. The summed E-state index contributed by atoms with van der Waals surface area (Å²) in [5.41, 5.74) is 1.29. The summed E-state index contributed by atoms with van der Waals surface area (Å²) in [4.78, 5) is 2.52. The standard InChI is InChI=1S/C14H18BrNO2/c1-10-2-4-16(5-3-10)8-11-6-13-14(7-12(11)15)18-9-17-13/h6-7,10H,2-5,8-9H2,1H3. The molecule has 0 aromatic heterocycles. The second-order valence-corrected chi connectivity index (χ2v) is 6.11. The maximum atomic E-state index is 5.44. The average molecular weight is 312 g/mol. The van der Waals surface area contributed by atoms with E-state index in [-0.39, 0.29) is 0 Å². The molecule has 1 aromatic carbocycles. The number of hydrogen-bond acceptors (Lipinski definition) is 3. The predicted octanol–water partition coefficient (Wildman–Crippen LogP) is 3.41. The van der Waals surface area contributed by atoms with Gasteiger partial charge in [0.1, 0.15) is 0 Å². The minimum absolute atomic E-state index is 0.340. The van der Waals surface area contributed by atoms with E-state index in [4.69, 9.17) is 9.47 Å². The number of rotatable bonds is 2. The summed E-state index contributed by atoms with van der Waals surface area (Å²) in [6, 6.07) is 4.12. The van der Waals surface area contributed by atoms with E-state index in [1.54, 1.807) is 0 Å². The zero-order valence-electron chi connectivity index (χ0n) is 10.6. The van der Waals surface area contributed by atoms with Gasteiger partial charge in [-0.1, -0.05) is 22.9 Å². The van der Waals surface area contributed by atoms with Crippen LogP contribution in [0.25, 0.3) is 0 Å². The first-order valence-electron chi connectivity index (χ1n) is 6.53. The Hall–Kier alpha value is -0.740. The molecule has 0 atom stereocenters. The van der Waals surface area contributed by atoms with Crippen molar-refractivity contribution >= 4 is 15.9 Å². The first-order valence-corrected chi connectivity index (χ1v) is 7.32. The van der Waals surface area contributed by atoms with Crippen LogP contribution in [0.3, 0.4) is 0 Å². The zero-order valence-corrected chi connectivity index (χ0v) is 12.2. The van der Waals surface area contributed by atoms with Crippen LogP contribution in [0.5, 0.6) is 11.5 Å². The van der Waals surface area contributed by atoms with Crippen molar-refractivity contribution in [1.82, 2.24) is 4.90 Å². The number of ether oxygens (including phenoxy) is 2. The van der Waals surface area contributed by atoms with Crippen molar-refractivity contribution in [3.05, 3.63) is 22.2 Å². The highest BCUT2D eigenvalue weighted by Crippen LogP contribution is 2.37. The van der Waals surface area contributed by atoms with Crippen LogP contribution in [0.2, 0.25) is 0 Å². The fraction of sp³-hybridized carbons (Fsp3) is 0.571. The van der Waals surface area contributed by atoms with Gasteiger partial charge in [0.15, 0.2) is 11.5 Å². The van der Waals surface area contributed by atoms with E-state index in [1.807, 2.05) is 6.07 Å². The Bertz CT molecular complexity index is 442. The van der Waals surface area contributed by atoms with E-state index >= 15 is 0 Å². The van der Waals surface area contributed by atoms with Gasteiger partial charge >= 0.3 is 0 Å². The Morgan fingerprint density at radius 1 is 1.22 bits per heavy atom. The molecule has 2 aliphatic heterocycles. The topological polar surface area (TPSA) is 21.7 Å². The molecule has 2 aliphatic rings. The average Bonchev–Trinajstić information content (AvgIpc) is 2.79. The van der Waals surface area contributed by atoms with E-state index in [9.17, 15) is 0 Å². The molecule has 98 valence electrons. The lowest BCUT2D eigenvalue weighted by molar-refractivity contribution is 0.173. The van der Waals surface area contributed by atoms with Gasteiger partial charge in [0.2, 0.25) is 6.79 Å². The van der Waals surface area contributed by atoms with Crippen molar-refractivity contribution in [2.45, 2.75) is 26.3 Å². The highest BCUT2D eigenvalue weighted by molar-refractivity contribution is 9.10. The molecule has 0 N–H and O–H groups in total. The Morgan fingerprint density at radius 2 is 1.89 bits per heavy atom. The second kappa shape index (κ2) is 5.10. The number of likely N-dealkylation sites (tertiary alicyclic amines) is 1. The van der Waals surface area contributed by atoms with Crippen LogP contribution in [0, 0.1) is 5.92 Å². The van der Waals surface area contributed by atoms with Crippen molar-refractivity contribution < 1.29 is 9.47 Å². The minimum atomic E-state index is 0.340. The highest BCUT2D eigenvalue weighted by atomic mass is 79.9. The van der Waals surface area contributed by atoms with Crippen LogP contribution in [-0.2, 0) is 6.54 Å². The molecule has 0 radical (unpaired) electrons. The van der Waals surface area contributed by atoms with Gasteiger partial charge in [-0.2, -0.15) is 0 Å². The third kappa shape index (κ3) is 2.50. The molecule has 0 spiro atoms. The summed E-state index contributed by atoms with van der Waals surface area (Å²) >= 11 is 3.63. The Labute approximate surface area is 116 Å². The third-order valence-corrected chi connectivity index (χ3v) is 4.55. The molecule has 3 nitrogen and oxygen atoms in total. The fourth-order valence-corrected chi connectivity index (χ4v) is 2.99. The van der Waals surface area contributed by atoms with Crippen LogP contribution in [0.15, 0.2) is 16.6 Å². The Balaban J connectivity index is 1.73. The molecule has 3 rings (SSSR count). The van der Waals surface area contributed by atoms with Crippen LogP contribution in [0.1, 0.15) is 25.3 Å². The number of hydrogen-bond donors (Lipinski definition) is 0. The van der Waals surface area contributed by atoms with Crippen molar-refractivity contribution in [2.24, 2.45) is 5.92 Å². The first kappa shape index (κ1) is 12.3. The molecular formula is C14H18BrNO2. The summed E-state index contributed by atoms with van der Waals surface area (Å²) in [5, 5.41) is 0. The lowest BCUT2D eigenvalue weighted by Crippen LogP contribution is -2.32. The maximum Gasteiger partial charge on any atom is 0.231 e. The molecule has 1 saturated heterocycles. The first-order chi connectivity index (χ1) is 8.72. The fourth-order valence-electron chi connectivity index (χ4n) is 2.54. The summed E-state index contributed by atoms with van der Waals surface area (Å²) in [7, 11) is 0. The molecule has 2 heterocycles. The zero-order chi connectivity index (χ0) is 12.5. The Kier molecular flexibility index (Phi) is 3.48. The van der Waals surface area contributed by atoms with Crippen LogP contribution in [-0.4, -0.2) is 24.8 Å². The number of fused-ring (bicyclic) bond motifs is 1. The van der Waals surface area contributed by atoms with Crippen LogP contribution >= 0.6 is 15.9 Å². The molecule has 0 aliphatic carbocycles. The Morgan fingerprint density at radius 3 is 2.61 bits per heavy atom. The van der Waals surface area contributed by atoms with Gasteiger partial charge in [0.25, 0.3) is 0 Å². The predicted molar refractivity (Wildman–Crippen MR) is 73.9 cm³/mol. The molecule has 4 heteroatoms. The quantitative estimate of drug-likeness (QED) is 0.835. The van der Waals surface area contributed by atoms with Gasteiger partial charge in [-0.05, 0) is 49.5 Å². The number of benzene rings is 1. The monoisotopic (exact) mass is 311 g/mol. The minimum Gasteiger partial charge on any atom is -0.454 e. The van der Waals surface area contributed by atoms with E-state index in [2.05, 4.69) is 33.8 Å². The van der Waals surface area contributed by atoms with Gasteiger partial charge in [0.05, 0.1) is 0 Å². The number of piperidine rings is 1. The van der Waals surface area contributed by atoms with Gasteiger partial charge in [0, 0.05) is 11.0 Å². The van der Waals surface area contributed by atoms with Crippen molar-refractivity contribution in [2.75, 3.05) is 19.9 Å². The van der Waals surface area contributed by atoms with Crippen molar-refractivity contribution in [3.63, 3.8) is 0 Å². The second-order valence-electron chi connectivity index (χ2n) is 5.26. The molecule has 0 unspecified atom stereocenters. The lowest BCUT2D eigenvalue weighted by atomic mass is 9.99. The molecule has 1 aromatic rings. The van der Waals surface area contributed by atoms with E-state index in [0.717, 1.165) is 28.4 Å². The van der Waals surface area contributed by atoms with Gasteiger partial charge < -0.3 is 9.47 Å². The van der Waals surface area contributed by atoms with Crippen LogP contribution in [0.4, 0.5) is 0 Å². The molecule has 1 fully saturated rings. The van der Waals surface area contributed by atoms with Gasteiger partial charge in [-0.3, -0.25) is 4.90 Å². The van der Waals surface area contributed by atoms with Gasteiger partial charge in [-0.15, -0.1) is 0 Å². The number of nitrogens with zero attached hydrogens (tertiary/aromatic N) is 1. The third-order valence-electron chi connectivity index (χ3n) is 3.81. The number of halogens is 1.